The van der Waals surface area contributed by atoms with Gasteiger partial charge in [-0.25, -0.2) is 9.18 Å². The summed E-state index contributed by atoms with van der Waals surface area (Å²) in [6.07, 6.45) is 0. The van der Waals surface area contributed by atoms with Crippen molar-refractivity contribution in [2.45, 2.75) is 26.4 Å². The molecule has 0 bridgehead atoms. The van der Waals surface area contributed by atoms with E-state index in [4.69, 9.17) is 0 Å². The van der Waals surface area contributed by atoms with Crippen molar-refractivity contribution in [2.75, 3.05) is 6.54 Å². The Morgan fingerprint density at radius 2 is 1.79 bits per heavy atom. The largest absolute Gasteiger partial charge is 0.350 e. The van der Waals surface area contributed by atoms with Gasteiger partial charge in [-0.2, -0.15) is 0 Å². The van der Waals surface area contributed by atoms with E-state index in [0.717, 1.165) is 5.56 Å². The molecule has 0 fully saturated rings. The minimum absolute atomic E-state index is 0.0160. The average Bonchev–Trinajstić information content (AvgIpc) is 2.35. The smallest absolute Gasteiger partial charge is 0.315 e. The van der Waals surface area contributed by atoms with Crippen LogP contribution < -0.4 is 16.0 Å². The minimum Gasteiger partial charge on any atom is -0.350 e. The summed E-state index contributed by atoms with van der Waals surface area (Å²) in [5.41, 5.74) is 0.793. The number of carbonyl (C=O) groups excluding carboxylic acids is 2. The predicted molar refractivity (Wildman–Crippen MR) is 69.9 cm³/mol. The number of halogens is 1. The van der Waals surface area contributed by atoms with E-state index in [9.17, 15) is 14.0 Å². The predicted octanol–water partition coefficient (Wildman–Crippen LogP) is 1.15. The fourth-order valence-corrected chi connectivity index (χ4v) is 1.34. The van der Waals surface area contributed by atoms with E-state index in [2.05, 4.69) is 16.0 Å². The molecule has 104 valence electrons. The van der Waals surface area contributed by atoms with Gasteiger partial charge in [0.2, 0.25) is 5.91 Å². The summed E-state index contributed by atoms with van der Waals surface area (Å²) in [6, 6.07) is 5.48. The van der Waals surface area contributed by atoms with Crippen molar-refractivity contribution in [3.05, 3.63) is 35.6 Å². The zero-order valence-corrected chi connectivity index (χ0v) is 11.0. The molecule has 19 heavy (non-hydrogen) atoms. The van der Waals surface area contributed by atoms with Gasteiger partial charge in [0, 0.05) is 12.6 Å². The molecule has 0 aliphatic carbocycles. The second-order valence-corrected chi connectivity index (χ2v) is 4.38. The SMILES string of the molecule is CC(C)NC(=O)NCC(=O)NCc1ccc(F)cc1. The van der Waals surface area contributed by atoms with E-state index in [0.29, 0.717) is 6.54 Å². The van der Waals surface area contributed by atoms with Crippen molar-refractivity contribution in [3.8, 4) is 0 Å². The van der Waals surface area contributed by atoms with Crippen LogP contribution in [0.1, 0.15) is 19.4 Å². The van der Waals surface area contributed by atoms with Crippen molar-refractivity contribution in [2.24, 2.45) is 0 Å². The zero-order chi connectivity index (χ0) is 14.3. The molecule has 0 unspecified atom stereocenters. The first-order chi connectivity index (χ1) is 8.97. The summed E-state index contributed by atoms with van der Waals surface area (Å²) < 4.78 is 12.7. The molecular formula is C13H18FN3O2. The Balaban J connectivity index is 2.24. The lowest BCUT2D eigenvalue weighted by Crippen LogP contribution is -2.44. The lowest BCUT2D eigenvalue weighted by molar-refractivity contribution is -0.120. The van der Waals surface area contributed by atoms with E-state index >= 15 is 0 Å². The highest BCUT2D eigenvalue weighted by Crippen LogP contribution is 2.01. The van der Waals surface area contributed by atoms with Crippen molar-refractivity contribution in [1.82, 2.24) is 16.0 Å². The third-order valence-electron chi connectivity index (χ3n) is 2.23. The molecule has 5 nitrogen and oxygen atoms in total. The van der Waals surface area contributed by atoms with Crippen LogP contribution in [0.3, 0.4) is 0 Å². The summed E-state index contributed by atoms with van der Waals surface area (Å²) in [7, 11) is 0. The number of hydrogen-bond acceptors (Lipinski definition) is 2. The highest BCUT2D eigenvalue weighted by Gasteiger charge is 2.05. The Kier molecular flexibility index (Phi) is 5.78. The maximum Gasteiger partial charge on any atom is 0.315 e. The second-order valence-electron chi connectivity index (χ2n) is 4.38. The molecule has 3 N–H and O–H groups in total. The Labute approximate surface area is 111 Å². The van der Waals surface area contributed by atoms with Crippen molar-refractivity contribution in [3.63, 3.8) is 0 Å². The molecule has 0 radical (unpaired) electrons. The highest BCUT2D eigenvalue weighted by atomic mass is 19.1. The van der Waals surface area contributed by atoms with Crippen LogP contribution in [0.4, 0.5) is 9.18 Å². The van der Waals surface area contributed by atoms with E-state index < -0.39 is 0 Å². The lowest BCUT2D eigenvalue weighted by atomic mass is 10.2. The van der Waals surface area contributed by atoms with Crippen LogP contribution in [0.25, 0.3) is 0 Å². The van der Waals surface area contributed by atoms with E-state index in [1.54, 1.807) is 12.1 Å². The molecule has 0 aliphatic heterocycles. The molecule has 0 saturated heterocycles. The van der Waals surface area contributed by atoms with Gasteiger partial charge in [-0.3, -0.25) is 4.79 Å². The normalized spacial score (nSPS) is 10.1. The van der Waals surface area contributed by atoms with Gasteiger partial charge >= 0.3 is 6.03 Å². The number of nitrogens with one attached hydrogen (secondary N) is 3. The van der Waals surface area contributed by atoms with Crippen LogP contribution in [-0.2, 0) is 11.3 Å². The topological polar surface area (TPSA) is 70.2 Å². The van der Waals surface area contributed by atoms with Crippen molar-refractivity contribution < 1.29 is 14.0 Å². The number of benzene rings is 1. The first kappa shape index (κ1) is 14.9. The van der Waals surface area contributed by atoms with Crippen LogP contribution in [0.2, 0.25) is 0 Å². The van der Waals surface area contributed by atoms with Crippen LogP contribution >= 0.6 is 0 Å². The van der Waals surface area contributed by atoms with Crippen LogP contribution in [0.15, 0.2) is 24.3 Å². The molecule has 0 aromatic heterocycles. The number of carbonyl (C=O) groups is 2. The second kappa shape index (κ2) is 7.35. The van der Waals surface area contributed by atoms with Gasteiger partial charge in [-0.05, 0) is 31.5 Å². The summed E-state index contributed by atoms with van der Waals surface area (Å²) in [5.74, 6) is -0.620. The van der Waals surface area contributed by atoms with Gasteiger partial charge in [0.25, 0.3) is 0 Å². The van der Waals surface area contributed by atoms with Crippen LogP contribution in [0, 0.1) is 5.82 Å². The molecule has 0 aliphatic rings. The van der Waals surface area contributed by atoms with Crippen molar-refractivity contribution >= 4 is 11.9 Å². The third kappa shape index (κ3) is 6.40. The maximum absolute atomic E-state index is 12.7. The Bertz CT molecular complexity index is 432. The first-order valence-corrected chi connectivity index (χ1v) is 6.03. The molecule has 6 heteroatoms. The number of hydrogen-bond donors (Lipinski definition) is 3. The first-order valence-electron chi connectivity index (χ1n) is 6.03. The highest BCUT2D eigenvalue weighted by molar-refractivity contribution is 5.83. The van der Waals surface area contributed by atoms with Gasteiger partial charge in [0.1, 0.15) is 5.82 Å². The van der Waals surface area contributed by atoms with E-state index in [1.807, 2.05) is 13.8 Å². The van der Waals surface area contributed by atoms with Gasteiger partial charge in [0.05, 0.1) is 6.54 Å². The monoisotopic (exact) mass is 267 g/mol. The fraction of sp³-hybridized carbons (Fsp3) is 0.385. The fourth-order valence-electron chi connectivity index (χ4n) is 1.34. The Morgan fingerprint density at radius 1 is 1.16 bits per heavy atom. The van der Waals surface area contributed by atoms with Gasteiger partial charge in [0.15, 0.2) is 0 Å². The number of amides is 3. The summed E-state index contributed by atoms with van der Waals surface area (Å²) in [5, 5.41) is 7.67. The Hall–Kier alpha value is -2.11. The molecule has 0 atom stereocenters. The molecule has 0 saturated carbocycles. The quantitative estimate of drug-likeness (QED) is 0.749. The van der Waals surface area contributed by atoms with Crippen molar-refractivity contribution in [1.29, 1.82) is 0 Å². The van der Waals surface area contributed by atoms with Gasteiger partial charge in [-0.15, -0.1) is 0 Å². The number of rotatable bonds is 5. The third-order valence-corrected chi connectivity index (χ3v) is 2.23. The number of urea groups is 1. The van der Waals surface area contributed by atoms with E-state index in [1.165, 1.54) is 12.1 Å². The van der Waals surface area contributed by atoms with Crippen LogP contribution in [-0.4, -0.2) is 24.5 Å². The van der Waals surface area contributed by atoms with Crippen LogP contribution in [0.5, 0.6) is 0 Å². The standard InChI is InChI=1S/C13H18FN3O2/c1-9(2)17-13(19)16-8-12(18)15-7-10-3-5-11(14)6-4-10/h3-6,9H,7-8H2,1-2H3,(H,15,18)(H2,16,17,19). The molecule has 0 spiro atoms. The molecule has 1 aromatic rings. The molecule has 1 rings (SSSR count). The summed E-state index contributed by atoms with van der Waals surface area (Å²) >= 11 is 0. The zero-order valence-electron chi connectivity index (χ0n) is 11.0. The Morgan fingerprint density at radius 3 is 2.37 bits per heavy atom. The average molecular weight is 267 g/mol. The molecule has 1 aromatic carbocycles. The summed E-state index contributed by atoms with van der Waals surface area (Å²) in [6.45, 7) is 3.86. The molecular weight excluding hydrogens is 249 g/mol. The van der Waals surface area contributed by atoms with Gasteiger partial charge < -0.3 is 16.0 Å². The summed E-state index contributed by atoms with van der Waals surface area (Å²) in [4.78, 5) is 22.7. The molecule has 0 heterocycles. The molecule has 3 amide bonds. The lowest BCUT2D eigenvalue weighted by Gasteiger charge is -2.10. The minimum atomic E-state index is -0.382. The van der Waals surface area contributed by atoms with Gasteiger partial charge in [-0.1, -0.05) is 12.1 Å². The maximum atomic E-state index is 12.7. The van der Waals surface area contributed by atoms with E-state index in [-0.39, 0.29) is 30.3 Å².